The summed E-state index contributed by atoms with van der Waals surface area (Å²) in [4.78, 5) is 27.1. The van der Waals surface area contributed by atoms with Crippen molar-refractivity contribution in [2.24, 2.45) is 0 Å². The fraction of sp³-hybridized carbons (Fsp3) is 0.333. The van der Waals surface area contributed by atoms with Crippen LogP contribution < -0.4 is 10.2 Å². The van der Waals surface area contributed by atoms with Gasteiger partial charge in [0.2, 0.25) is 5.91 Å². The lowest BCUT2D eigenvalue weighted by molar-refractivity contribution is -0.118. The molecule has 1 heterocycles. The summed E-state index contributed by atoms with van der Waals surface area (Å²) in [7, 11) is 0. The number of anilines is 1. The highest BCUT2D eigenvalue weighted by molar-refractivity contribution is 7.99. The molecule has 1 aliphatic heterocycles. The smallest absolute Gasteiger partial charge is 0.251 e. The maximum Gasteiger partial charge on any atom is 0.251 e. The van der Waals surface area contributed by atoms with E-state index >= 15 is 0 Å². The number of nitrogens with one attached hydrogen (secondary N) is 1. The zero-order valence-corrected chi connectivity index (χ0v) is 16.2. The maximum atomic E-state index is 12.9. The van der Waals surface area contributed by atoms with E-state index in [-0.39, 0.29) is 17.6 Å². The SMILES string of the molecule is CCC(=O)N1CCc2cc(C(=O)NCCCSc3ccc(F)cc3)ccc21. The van der Waals surface area contributed by atoms with Gasteiger partial charge in [-0.15, -0.1) is 11.8 Å². The zero-order chi connectivity index (χ0) is 19.2. The lowest BCUT2D eigenvalue weighted by atomic mass is 10.1. The van der Waals surface area contributed by atoms with E-state index in [0.717, 1.165) is 34.7 Å². The monoisotopic (exact) mass is 386 g/mol. The number of benzene rings is 2. The first-order valence-electron chi connectivity index (χ1n) is 9.18. The number of nitrogens with zero attached hydrogens (tertiary/aromatic N) is 1. The van der Waals surface area contributed by atoms with Gasteiger partial charge in [-0.05, 0) is 66.6 Å². The predicted octanol–water partition coefficient (Wildman–Crippen LogP) is 4.04. The van der Waals surface area contributed by atoms with Crippen LogP contribution in [0.2, 0.25) is 0 Å². The minimum absolute atomic E-state index is 0.0927. The molecule has 0 unspecified atom stereocenters. The summed E-state index contributed by atoms with van der Waals surface area (Å²) in [6.07, 6.45) is 2.10. The number of rotatable bonds is 7. The molecule has 3 rings (SSSR count). The van der Waals surface area contributed by atoms with Crippen molar-refractivity contribution < 1.29 is 14.0 Å². The van der Waals surface area contributed by atoms with E-state index in [4.69, 9.17) is 0 Å². The Kier molecular flexibility index (Phi) is 6.50. The van der Waals surface area contributed by atoms with Crippen molar-refractivity contribution >= 4 is 29.3 Å². The van der Waals surface area contributed by atoms with E-state index in [1.165, 1.54) is 12.1 Å². The molecule has 27 heavy (non-hydrogen) atoms. The number of hydrogen-bond acceptors (Lipinski definition) is 3. The molecule has 0 saturated carbocycles. The van der Waals surface area contributed by atoms with Crippen LogP contribution in [0.1, 0.15) is 35.7 Å². The van der Waals surface area contributed by atoms with Crippen molar-refractivity contribution in [2.75, 3.05) is 23.7 Å². The Hall–Kier alpha value is -2.34. The van der Waals surface area contributed by atoms with Crippen molar-refractivity contribution in [1.29, 1.82) is 0 Å². The molecule has 2 amide bonds. The van der Waals surface area contributed by atoms with Gasteiger partial charge in [0, 0.05) is 35.7 Å². The topological polar surface area (TPSA) is 49.4 Å². The fourth-order valence-electron chi connectivity index (χ4n) is 3.09. The molecule has 142 valence electrons. The van der Waals surface area contributed by atoms with Gasteiger partial charge < -0.3 is 10.2 Å². The van der Waals surface area contributed by atoms with Gasteiger partial charge in [0.15, 0.2) is 0 Å². The van der Waals surface area contributed by atoms with Crippen LogP contribution in [0.25, 0.3) is 0 Å². The van der Waals surface area contributed by atoms with E-state index in [9.17, 15) is 14.0 Å². The maximum absolute atomic E-state index is 12.9. The lowest BCUT2D eigenvalue weighted by Gasteiger charge is -2.16. The molecule has 0 radical (unpaired) electrons. The molecular weight excluding hydrogens is 363 g/mol. The first-order valence-corrected chi connectivity index (χ1v) is 10.2. The van der Waals surface area contributed by atoms with Crippen LogP contribution in [0.15, 0.2) is 47.4 Å². The molecular formula is C21H23FN2O2S. The zero-order valence-electron chi connectivity index (χ0n) is 15.3. The van der Waals surface area contributed by atoms with Crippen LogP contribution >= 0.6 is 11.8 Å². The van der Waals surface area contributed by atoms with Gasteiger partial charge >= 0.3 is 0 Å². The number of halogens is 1. The van der Waals surface area contributed by atoms with E-state index in [2.05, 4.69) is 5.32 Å². The van der Waals surface area contributed by atoms with Crippen LogP contribution in [0, 0.1) is 5.82 Å². The Balaban J connectivity index is 1.46. The molecule has 1 aliphatic rings. The molecule has 0 aliphatic carbocycles. The standard InChI is InChI=1S/C21H23FN2O2S/c1-2-20(25)24-12-10-15-14-16(4-9-19(15)24)21(26)23-11-3-13-27-18-7-5-17(22)6-8-18/h4-9,14H,2-3,10-13H2,1H3,(H,23,26). The van der Waals surface area contributed by atoms with Gasteiger partial charge in [0.05, 0.1) is 0 Å². The lowest BCUT2D eigenvalue weighted by Crippen LogP contribution is -2.28. The van der Waals surface area contributed by atoms with Gasteiger partial charge in [-0.3, -0.25) is 9.59 Å². The Morgan fingerprint density at radius 2 is 1.96 bits per heavy atom. The third kappa shape index (κ3) is 4.89. The minimum atomic E-state index is -0.233. The summed E-state index contributed by atoms with van der Waals surface area (Å²) in [6.45, 7) is 3.13. The largest absolute Gasteiger partial charge is 0.352 e. The van der Waals surface area contributed by atoms with E-state index < -0.39 is 0 Å². The molecule has 0 aromatic heterocycles. The van der Waals surface area contributed by atoms with Gasteiger partial charge in [-0.25, -0.2) is 4.39 Å². The quantitative estimate of drug-likeness (QED) is 0.577. The molecule has 1 N–H and O–H groups in total. The summed E-state index contributed by atoms with van der Waals surface area (Å²) in [5, 5.41) is 2.94. The molecule has 0 bridgehead atoms. The van der Waals surface area contributed by atoms with Crippen LogP contribution in [0.3, 0.4) is 0 Å². The van der Waals surface area contributed by atoms with Crippen LogP contribution in [-0.4, -0.2) is 30.7 Å². The van der Waals surface area contributed by atoms with Crippen molar-refractivity contribution in [3.63, 3.8) is 0 Å². The Morgan fingerprint density at radius 1 is 1.19 bits per heavy atom. The Morgan fingerprint density at radius 3 is 2.70 bits per heavy atom. The first-order chi connectivity index (χ1) is 13.1. The second-order valence-electron chi connectivity index (χ2n) is 6.40. The number of fused-ring (bicyclic) bond motifs is 1. The van der Waals surface area contributed by atoms with Crippen molar-refractivity contribution in [2.45, 2.75) is 31.1 Å². The molecule has 2 aromatic rings. The molecule has 4 nitrogen and oxygen atoms in total. The summed E-state index contributed by atoms with van der Waals surface area (Å²) >= 11 is 1.64. The second kappa shape index (κ2) is 9.04. The minimum Gasteiger partial charge on any atom is -0.352 e. The number of carbonyl (C=O) groups is 2. The molecule has 0 spiro atoms. The fourth-order valence-corrected chi connectivity index (χ4v) is 3.94. The van der Waals surface area contributed by atoms with Crippen molar-refractivity contribution in [3.05, 3.63) is 59.4 Å². The van der Waals surface area contributed by atoms with Crippen molar-refractivity contribution in [1.82, 2.24) is 5.32 Å². The summed E-state index contributed by atoms with van der Waals surface area (Å²) in [5.74, 6) is 0.641. The predicted molar refractivity (Wildman–Crippen MR) is 107 cm³/mol. The highest BCUT2D eigenvalue weighted by Gasteiger charge is 2.24. The third-order valence-electron chi connectivity index (χ3n) is 4.53. The number of hydrogen-bond donors (Lipinski definition) is 1. The van der Waals surface area contributed by atoms with E-state index in [0.29, 0.717) is 25.1 Å². The molecule has 6 heteroatoms. The number of carbonyl (C=O) groups excluding carboxylic acids is 2. The van der Waals surface area contributed by atoms with Gasteiger partial charge in [0.25, 0.3) is 5.91 Å². The van der Waals surface area contributed by atoms with Crippen molar-refractivity contribution in [3.8, 4) is 0 Å². The molecule has 2 aromatic carbocycles. The van der Waals surface area contributed by atoms with E-state index in [1.807, 2.05) is 19.1 Å². The highest BCUT2D eigenvalue weighted by Crippen LogP contribution is 2.29. The Labute approximate surface area is 163 Å². The number of amides is 2. The first kappa shape index (κ1) is 19.4. The molecule has 0 saturated heterocycles. The van der Waals surface area contributed by atoms with Crippen LogP contribution in [0.5, 0.6) is 0 Å². The normalized spacial score (nSPS) is 12.7. The van der Waals surface area contributed by atoms with Gasteiger partial charge in [-0.2, -0.15) is 0 Å². The summed E-state index contributed by atoms with van der Waals surface area (Å²) in [5.41, 5.74) is 2.61. The second-order valence-corrected chi connectivity index (χ2v) is 7.57. The summed E-state index contributed by atoms with van der Waals surface area (Å²) in [6, 6.07) is 12.0. The van der Waals surface area contributed by atoms with Crippen LogP contribution in [0.4, 0.5) is 10.1 Å². The van der Waals surface area contributed by atoms with Gasteiger partial charge in [-0.1, -0.05) is 6.92 Å². The molecule has 0 fully saturated rings. The average molecular weight is 386 g/mol. The summed E-state index contributed by atoms with van der Waals surface area (Å²) < 4.78 is 12.9. The van der Waals surface area contributed by atoms with Gasteiger partial charge in [0.1, 0.15) is 5.82 Å². The van der Waals surface area contributed by atoms with E-state index in [1.54, 1.807) is 34.9 Å². The molecule has 0 atom stereocenters. The highest BCUT2D eigenvalue weighted by atomic mass is 32.2. The number of thioether (sulfide) groups is 1. The van der Waals surface area contributed by atoms with Crippen LogP contribution in [-0.2, 0) is 11.2 Å². The third-order valence-corrected chi connectivity index (χ3v) is 5.63. The average Bonchev–Trinajstić information content (AvgIpc) is 3.11. The Bertz CT molecular complexity index is 823.